The second-order valence-electron chi connectivity index (χ2n) is 4.13. The molecule has 1 aromatic carbocycles. The van der Waals surface area contributed by atoms with E-state index in [1.165, 1.54) is 6.20 Å². The molecule has 2 aromatic heterocycles. The lowest BCUT2D eigenvalue weighted by Crippen LogP contribution is -2.10. The Bertz CT molecular complexity index is 779. The van der Waals surface area contributed by atoms with Gasteiger partial charge < -0.3 is 9.67 Å². The van der Waals surface area contributed by atoms with Crippen LogP contribution in [0.4, 0.5) is 0 Å². The van der Waals surface area contributed by atoms with Gasteiger partial charge in [-0.15, -0.1) is 11.3 Å². The molecule has 0 atom stereocenters. The monoisotopic (exact) mass is 305 g/mol. The Labute approximate surface area is 123 Å². The van der Waals surface area contributed by atoms with Crippen LogP contribution in [0.1, 0.15) is 16.2 Å². The van der Waals surface area contributed by atoms with Crippen LogP contribution < -0.4 is 0 Å². The Morgan fingerprint density at radius 1 is 1.50 bits per heavy atom. The number of imidazole rings is 1. The van der Waals surface area contributed by atoms with Gasteiger partial charge in [0.2, 0.25) is 5.82 Å². The van der Waals surface area contributed by atoms with Crippen LogP contribution in [-0.2, 0) is 6.54 Å². The molecule has 0 radical (unpaired) electrons. The van der Waals surface area contributed by atoms with Gasteiger partial charge in [-0.2, -0.15) is 0 Å². The number of hydrogen-bond acceptors (Lipinski definition) is 5. The zero-order valence-electron chi connectivity index (χ0n) is 10.6. The molecule has 3 rings (SSSR count). The summed E-state index contributed by atoms with van der Waals surface area (Å²) in [5.41, 5.74) is 1.94. The minimum Gasteiger partial charge on any atom is -0.475 e. The summed E-state index contributed by atoms with van der Waals surface area (Å²) in [6, 6.07) is 5.97. The molecule has 0 unspecified atom stereocenters. The largest absolute Gasteiger partial charge is 0.475 e. The fraction of sp³-hybridized carbons (Fsp3) is 0.154. The number of benzene rings is 1. The lowest BCUT2D eigenvalue weighted by atomic mass is 10.2. The Morgan fingerprint density at radius 3 is 3.10 bits per heavy atom. The molecule has 3 aromatic rings. The van der Waals surface area contributed by atoms with Gasteiger partial charge in [-0.05, 0) is 17.9 Å². The number of aromatic nitrogens is 3. The van der Waals surface area contributed by atoms with E-state index < -0.39 is 5.97 Å². The van der Waals surface area contributed by atoms with Gasteiger partial charge in [0.25, 0.3) is 0 Å². The standard InChI is InChI=1S/C13H11N3O2S2/c1-19-13-15-10-8(3-2-4-9(10)20-13)7-16-6-5-14-11(16)12(17)18/h2-6H,7H2,1H3,(H,17,18). The Balaban J connectivity index is 2.04. The van der Waals surface area contributed by atoms with Crippen molar-refractivity contribution in [3.8, 4) is 0 Å². The lowest BCUT2D eigenvalue weighted by molar-refractivity contribution is 0.0679. The molecule has 7 heteroatoms. The number of rotatable bonds is 4. The van der Waals surface area contributed by atoms with E-state index in [9.17, 15) is 4.79 Å². The van der Waals surface area contributed by atoms with Crippen molar-refractivity contribution in [1.82, 2.24) is 14.5 Å². The van der Waals surface area contributed by atoms with Crippen molar-refractivity contribution >= 4 is 39.3 Å². The molecule has 0 spiro atoms. The highest BCUT2D eigenvalue weighted by Gasteiger charge is 2.13. The molecule has 1 N–H and O–H groups in total. The van der Waals surface area contributed by atoms with Crippen molar-refractivity contribution in [3.05, 3.63) is 42.0 Å². The number of fused-ring (bicyclic) bond motifs is 1. The Morgan fingerprint density at radius 2 is 2.35 bits per heavy atom. The van der Waals surface area contributed by atoms with E-state index in [-0.39, 0.29) is 5.82 Å². The van der Waals surface area contributed by atoms with Gasteiger partial charge in [-0.25, -0.2) is 14.8 Å². The molecule has 102 valence electrons. The first kappa shape index (κ1) is 13.1. The van der Waals surface area contributed by atoms with Crippen molar-refractivity contribution in [2.75, 3.05) is 6.26 Å². The minimum absolute atomic E-state index is 0.0438. The fourth-order valence-electron chi connectivity index (χ4n) is 2.02. The van der Waals surface area contributed by atoms with E-state index in [2.05, 4.69) is 9.97 Å². The highest BCUT2D eigenvalue weighted by Crippen LogP contribution is 2.30. The summed E-state index contributed by atoms with van der Waals surface area (Å²) in [7, 11) is 0. The molecule has 0 aliphatic carbocycles. The second kappa shape index (κ2) is 5.26. The average molecular weight is 305 g/mol. The van der Waals surface area contributed by atoms with E-state index >= 15 is 0 Å². The molecule has 20 heavy (non-hydrogen) atoms. The predicted octanol–water partition coefficient (Wildman–Crippen LogP) is 2.96. The third-order valence-corrected chi connectivity index (χ3v) is 4.91. The van der Waals surface area contributed by atoms with E-state index in [1.807, 2.05) is 24.5 Å². The molecule has 0 bridgehead atoms. The zero-order chi connectivity index (χ0) is 14.1. The third kappa shape index (κ3) is 2.30. The van der Waals surface area contributed by atoms with E-state index in [4.69, 9.17) is 5.11 Å². The summed E-state index contributed by atoms with van der Waals surface area (Å²) < 4.78 is 3.75. The van der Waals surface area contributed by atoms with Gasteiger partial charge >= 0.3 is 5.97 Å². The first-order chi connectivity index (χ1) is 9.69. The smallest absolute Gasteiger partial charge is 0.372 e. The van der Waals surface area contributed by atoms with Crippen molar-refractivity contribution in [2.24, 2.45) is 0 Å². The number of thioether (sulfide) groups is 1. The molecule has 5 nitrogen and oxygen atoms in total. The van der Waals surface area contributed by atoms with Gasteiger partial charge in [-0.3, -0.25) is 0 Å². The van der Waals surface area contributed by atoms with Gasteiger partial charge in [-0.1, -0.05) is 23.9 Å². The summed E-state index contributed by atoms with van der Waals surface area (Å²) >= 11 is 3.26. The first-order valence-electron chi connectivity index (χ1n) is 5.86. The number of hydrogen-bond donors (Lipinski definition) is 1. The number of carboxylic acid groups (broad SMARTS) is 1. The van der Waals surface area contributed by atoms with Crippen molar-refractivity contribution in [1.29, 1.82) is 0 Å². The maximum Gasteiger partial charge on any atom is 0.372 e. The minimum atomic E-state index is -1.02. The maximum atomic E-state index is 11.1. The van der Waals surface area contributed by atoms with Crippen LogP contribution in [0.15, 0.2) is 34.9 Å². The molecule has 0 aliphatic heterocycles. The first-order valence-corrected chi connectivity index (χ1v) is 7.90. The molecular formula is C13H11N3O2S2. The van der Waals surface area contributed by atoms with Gasteiger partial charge in [0.15, 0.2) is 4.34 Å². The highest BCUT2D eigenvalue weighted by molar-refractivity contribution is 8.00. The number of carbonyl (C=O) groups is 1. The van der Waals surface area contributed by atoms with Gasteiger partial charge in [0.05, 0.1) is 16.8 Å². The molecule has 0 aliphatic rings. The van der Waals surface area contributed by atoms with E-state index in [1.54, 1.807) is 33.9 Å². The van der Waals surface area contributed by atoms with E-state index in [0.29, 0.717) is 6.54 Å². The Kier molecular flexibility index (Phi) is 3.45. The van der Waals surface area contributed by atoms with Gasteiger partial charge in [0.1, 0.15) is 0 Å². The van der Waals surface area contributed by atoms with Crippen molar-refractivity contribution < 1.29 is 9.90 Å². The quantitative estimate of drug-likeness (QED) is 0.751. The molecule has 0 saturated carbocycles. The Hall–Kier alpha value is -1.86. The zero-order valence-corrected chi connectivity index (χ0v) is 12.2. The second-order valence-corrected chi connectivity index (χ2v) is 6.22. The number of para-hydroxylation sites is 1. The fourth-order valence-corrected chi connectivity index (χ4v) is 3.55. The topological polar surface area (TPSA) is 68.0 Å². The highest BCUT2D eigenvalue weighted by atomic mass is 32.2. The molecule has 0 fully saturated rings. The average Bonchev–Trinajstić information content (AvgIpc) is 3.04. The summed E-state index contributed by atoms with van der Waals surface area (Å²) in [6.45, 7) is 0.455. The number of aromatic carboxylic acids is 1. The van der Waals surface area contributed by atoms with Crippen molar-refractivity contribution in [2.45, 2.75) is 10.9 Å². The maximum absolute atomic E-state index is 11.1. The SMILES string of the molecule is CSc1nc2c(Cn3ccnc3C(=O)O)cccc2s1. The van der Waals surface area contributed by atoms with Crippen LogP contribution in [0.2, 0.25) is 0 Å². The summed E-state index contributed by atoms with van der Waals surface area (Å²) in [4.78, 5) is 19.5. The van der Waals surface area contributed by atoms with Crippen LogP contribution >= 0.6 is 23.1 Å². The molecule has 0 amide bonds. The van der Waals surface area contributed by atoms with Crippen LogP contribution in [0.3, 0.4) is 0 Å². The van der Waals surface area contributed by atoms with Crippen LogP contribution in [-0.4, -0.2) is 31.9 Å². The van der Waals surface area contributed by atoms with Crippen molar-refractivity contribution in [3.63, 3.8) is 0 Å². The molecule has 2 heterocycles. The number of nitrogens with zero attached hydrogens (tertiary/aromatic N) is 3. The van der Waals surface area contributed by atoms with Crippen LogP contribution in [0.5, 0.6) is 0 Å². The van der Waals surface area contributed by atoms with Gasteiger partial charge in [0, 0.05) is 12.4 Å². The predicted molar refractivity (Wildman–Crippen MR) is 79.7 cm³/mol. The third-order valence-electron chi connectivity index (χ3n) is 2.91. The summed E-state index contributed by atoms with van der Waals surface area (Å²) in [5.74, 6) is -0.979. The summed E-state index contributed by atoms with van der Waals surface area (Å²) in [6.07, 6.45) is 5.16. The van der Waals surface area contributed by atoms with E-state index in [0.717, 1.165) is 20.1 Å². The normalized spacial score (nSPS) is 11.1. The number of carboxylic acids is 1. The number of thiazole rings is 1. The molecular weight excluding hydrogens is 294 g/mol. The summed E-state index contributed by atoms with van der Waals surface area (Å²) in [5, 5.41) is 9.09. The van der Waals surface area contributed by atoms with Crippen LogP contribution in [0, 0.1) is 0 Å². The molecule has 0 saturated heterocycles. The van der Waals surface area contributed by atoms with Crippen LogP contribution in [0.25, 0.3) is 10.2 Å². The lowest BCUT2D eigenvalue weighted by Gasteiger charge is -2.05.